The van der Waals surface area contributed by atoms with E-state index in [9.17, 15) is 9.59 Å². The molecule has 0 fully saturated rings. The van der Waals surface area contributed by atoms with Crippen LogP contribution in [-0.2, 0) is 14.3 Å². The summed E-state index contributed by atoms with van der Waals surface area (Å²) in [7, 11) is 1.23. The zero-order valence-electron chi connectivity index (χ0n) is 8.43. The number of carbonyl (C=O) groups is 2. The lowest BCUT2D eigenvalue weighted by molar-refractivity contribution is -0.138. The van der Waals surface area contributed by atoms with E-state index < -0.39 is 11.4 Å². The zero-order chi connectivity index (χ0) is 10.6. The van der Waals surface area contributed by atoms with E-state index in [1.807, 2.05) is 0 Å². The summed E-state index contributed by atoms with van der Waals surface area (Å²) in [6.45, 7) is 8.60. The first-order valence-corrected chi connectivity index (χ1v) is 3.87. The number of amides is 1. The van der Waals surface area contributed by atoms with Crippen LogP contribution in [0.2, 0.25) is 0 Å². The molecule has 0 saturated carbocycles. The van der Waals surface area contributed by atoms with Crippen LogP contribution in [0, 0.1) is 5.41 Å². The van der Waals surface area contributed by atoms with E-state index in [0.29, 0.717) is 0 Å². The molecule has 0 radical (unpaired) electrons. The maximum Gasteiger partial charge on any atom is 0.353 e. The summed E-state index contributed by atoms with van der Waals surface area (Å²) in [5, 5.41) is 2.36. The maximum absolute atomic E-state index is 11.3. The predicted octanol–water partition coefficient (Wildman–Crippen LogP) is 0.835. The van der Waals surface area contributed by atoms with Gasteiger partial charge in [-0.15, -0.1) is 0 Å². The highest BCUT2D eigenvalue weighted by Gasteiger charge is 2.23. The van der Waals surface area contributed by atoms with Gasteiger partial charge < -0.3 is 10.1 Å². The summed E-state index contributed by atoms with van der Waals surface area (Å²) in [6, 6.07) is 0. The van der Waals surface area contributed by atoms with Gasteiger partial charge in [0.05, 0.1) is 7.11 Å². The van der Waals surface area contributed by atoms with Crippen molar-refractivity contribution in [3.63, 3.8) is 0 Å². The predicted molar refractivity (Wildman–Crippen MR) is 48.8 cm³/mol. The second-order valence-corrected chi connectivity index (χ2v) is 3.67. The molecule has 0 aromatic carbocycles. The van der Waals surface area contributed by atoms with Crippen LogP contribution in [0.25, 0.3) is 0 Å². The van der Waals surface area contributed by atoms with Crippen LogP contribution < -0.4 is 5.32 Å². The highest BCUT2D eigenvalue weighted by Crippen LogP contribution is 2.13. The lowest BCUT2D eigenvalue weighted by atomic mass is 9.95. The van der Waals surface area contributed by atoms with Crippen LogP contribution in [0.1, 0.15) is 20.8 Å². The number of hydrogen-bond acceptors (Lipinski definition) is 3. The number of rotatable bonds is 2. The Morgan fingerprint density at radius 3 is 2.08 bits per heavy atom. The van der Waals surface area contributed by atoms with E-state index in [-0.39, 0.29) is 11.6 Å². The van der Waals surface area contributed by atoms with Crippen molar-refractivity contribution in [1.29, 1.82) is 0 Å². The fraction of sp³-hybridized carbons (Fsp3) is 0.556. The van der Waals surface area contributed by atoms with Crippen molar-refractivity contribution in [2.75, 3.05) is 7.11 Å². The summed E-state index contributed by atoms with van der Waals surface area (Å²) in [5.41, 5.74) is -0.584. The molecule has 0 rings (SSSR count). The third-order valence-corrected chi connectivity index (χ3v) is 1.38. The third kappa shape index (κ3) is 3.73. The lowest BCUT2D eigenvalue weighted by Crippen LogP contribution is -2.36. The normalized spacial score (nSPS) is 10.5. The molecule has 13 heavy (non-hydrogen) atoms. The van der Waals surface area contributed by atoms with Crippen LogP contribution >= 0.6 is 0 Å². The van der Waals surface area contributed by atoms with E-state index in [1.165, 1.54) is 7.11 Å². The Kier molecular flexibility index (Phi) is 3.66. The molecule has 4 heteroatoms. The van der Waals surface area contributed by atoms with Crippen LogP contribution in [0.15, 0.2) is 12.3 Å². The average Bonchev–Trinajstić information content (AvgIpc) is 2.01. The topological polar surface area (TPSA) is 55.4 Å². The first-order valence-electron chi connectivity index (χ1n) is 3.87. The number of carbonyl (C=O) groups excluding carboxylic acids is 2. The minimum Gasteiger partial charge on any atom is -0.464 e. The third-order valence-electron chi connectivity index (χ3n) is 1.38. The highest BCUT2D eigenvalue weighted by atomic mass is 16.5. The Morgan fingerprint density at radius 1 is 1.31 bits per heavy atom. The van der Waals surface area contributed by atoms with Crippen LogP contribution in [0.5, 0.6) is 0 Å². The van der Waals surface area contributed by atoms with Crippen molar-refractivity contribution < 1.29 is 14.3 Å². The van der Waals surface area contributed by atoms with E-state index >= 15 is 0 Å². The first kappa shape index (κ1) is 11.7. The minimum atomic E-state index is -0.627. The summed E-state index contributed by atoms with van der Waals surface area (Å²) in [4.78, 5) is 22.2. The van der Waals surface area contributed by atoms with Crippen LogP contribution in [-0.4, -0.2) is 19.0 Å². The smallest absolute Gasteiger partial charge is 0.353 e. The highest BCUT2D eigenvalue weighted by molar-refractivity contribution is 5.94. The van der Waals surface area contributed by atoms with E-state index in [1.54, 1.807) is 20.8 Å². The van der Waals surface area contributed by atoms with Gasteiger partial charge in [-0.05, 0) is 0 Å². The van der Waals surface area contributed by atoms with E-state index in [0.717, 1.165) is 0 Å². The monoisotopic (exact) mass is 185 g/mol. The molecular formula is C9H15NO3. The fourth-order valence-corrected chi connectivity index (χ4v) is 0.499. The van der Waals surface area contributed by atoms with Gasteiger partial charge in [0.15, 0.2) is 0 Å². The van der Waals surface area contributed by atoms with Crippen molar-refractivity contribution in [3.8, 4) is 0 Å². The van der Waals surface area contributed by atoms with Gasteiger partial charge in [0.25, 0.3) is 0 Å². The summed E-state index contributed by atoms with van der Waals surface area (Å²) in [5.74, 6) is -0.888. The molecule has 74 valence electrons. The quantitative estimate of drug-likeness (QED) is 0.512. The zero-order valence-corrected chi connectivity index (χ0v) is 8.43. The van der Waals surface area contributed by atoms with Crippen molar-refractivity contribution in [2.24, 2.45) is 5.41 Å². The van der Waals surface area contributed by atoms with Crippen molar-refractivity contribution in [1.82, 2.24) is 5.32 Å². The summed E-state index contributed by atoms with van der Waals surface area (Å²) >= 11 is 0. The van der Waals surface area contributed by atoms with Crippen molar-refractivity contribution >= 4 is 11.9 Å². The summed E-state index contributed by atoms with van der Waals surface area (Å²) < 4.78 is 4.37. The second kappa shape index (κ2) is 4.07. The number of ether oxygens (including phenoxy) is 1. The molecule has 0 aliphatic rings. The number of esters is 1. The number of hydrogen-bond donors (Lipinski definition) is 1. The molecule has 0 saturated heterocycles. The SMILES string of the molecule is C=C(NC(=O)C(C)(C)C)C(=O)OC. The summed E-state index contributed by atoms with van der Waals surface area (Å²) in [6.07, 6.45) is 0. The van der Waals surface area contributed by atoms with Gasteiger partial charge in [0, 0.05) is 5.41 Å². The van der Waals surface area contributed by atoms with Gasteiger partial charge in [-0.1, -0.05) is 27.4 Å². The Balaban J connectivity index is 4.24. The average molecular weight is 185 g/mol. The molecule has 0 heterocycles. The molecule has 1 N–H and O–H groups in total. The molecular weight excluding hydrogens is 170 g/mol. The molecule has 0 spiro atoms. The maximum atomic E-state index is 11.3. The largest absolute Gasteiger partial charge is 0.464 e. The van der Waals surface area contributed by atoms with Gasteiger partial charge in [-0.25, -0.2) is 4.79 Å². The minimum absolute atomic E-state index is 0.0394. The number of methoxy groups -OCH3 is 1. The molecule has 0 aliphatic carbocycles. The molecule has 0 aliphatic heterocycles. The second-order valence-electron chi connectivity index (χ2n) is 3.67. The van der Waals surface area contributed by atoms with Crippen LogP contribution in [0.4, 0.5) is 0 Å². The van der Waals surface area contributed by atoms with E-state index in [4.69, 9.17) is 0 Å². The van der Waals surface area contributed by atoms with Gasteiger partial charge in [0.2, 0.25) is 5.91 Å². The first-order chi connectivity index (χ1) is 5.79. The van der Waals surface area contributed by atoms with Gasteiger partial charge >= 0.3 is 5.97 Å². The Bertz CT molecular complexity index is 238. The Morgan fingerprint density at radius 2 is 1.77 bits per heavy atom. The molecule has 0 aromatic heterocycles. The molecule has 0 bridgehead atoms. The Hall–Kier alpha value is -1.32. The molecule has 4 nitrogen and oxygen atoms in total. The number of nitrogens with one attached hydrogen (secondary N) is 1. The lowest BCUT2D eigenvalue weighted by Gasteiger charge is -2.17. The van der Waals surface area contributed by atoms with Crippen molar-refractivity contribution in [3.05, 3.63) is 12.3 Å². The van der Waals surface area contributed by atoms with Crippen molar-refractivity contribution in [2.45, 2.75) is 20.8 Å². The standard InChI is InChI=1S/C9H15NO3/c1-6(7(11)13-5)10-8(12)9(2,3)4/h1H2,2-5H3,(H,10,12). The van der Waals surface area contributed by atoms with E-state index in [2.05, 4.69) is 16.6 Å². The molecule has 0 unspecified atom stereocenters. The van der Waals surface area contributed by atoms with Gasteiger partial charge in [0.1, 0.15) is 5.70 Å². The Labute approximate surface area is 78.0 Å². The molecule has 1 amide bonds. The molecule has 0 aromatic rings. The van der Waals surface area contributed by atoms with Gasteiger partial charge in [-0.2, -0.15) is 0 Å². The van der Waals surface area contributed by atoms with Gasteiger partial charge in [-0.3, -0.25) is 4.79 Å². The fourth-order valence-electron chi connectivity index (χ4n) is 0.499. The van der Waals surface area contributed by atoms with Crippen LogP contribution in [0.3, 0.4) is 0 Å². The molecule has 0 atom stereocenters.